The molecule has 2 aliphatic heterocycles. The SMILES string of the molecule is CCCC(=O)OC[N+]1(C)CCN(c2cc(-c3ccccc3C)c(N3C(=O)C(C)(c4cc(C)cc(C(F)(F)F)c4)C3C)cn2)CC1. The zero-order valence-corrected chi connectivity index (χ0v) is 26.9. The minimum absolute atomic E-state index is 0.173. The van der Waals surface area contributed by atoms with E-state index < -0.39 is 23.2 Å². The monoisotopic (exact) mass is 623 g/mol. The highest BCUT2D eigenvalue weighted by Crippen LogP contribution is 2.48. The van der Waals surface area contributed by atoms with E-state index in [2.05, 4.69) is 11.9 Å². The maximum Gasteiger partial charge on any atom is 0.416 e. The Kier molecular flexibility index (Phi) is 8.74. The highest BCUT2D eigenvalue weighted by atomic mass is 19.4. The molecule has 5 rings (SSSR count). The lowest BCUT2D eigenvalue weighted by Gasteiger charge is -2.54. The number of ether oxygens (including phenoxy) is 1. The third-order valence-electron chi connectivity index (χ3n) is 9.59. The summed E-state index contributed by atoms with van der Waals surface area (Å²) < 4.78 is 47.2. The molecule has 2 atom stereocenters. The standard InChI is InChI=1S/C35H42F3N4O3/c1-7-10-32(43)45-22-42(6)15-13-40(14-16-42)31-20-29(28-12-9-8-11-24(28)3)30(21-39-31)41-25(4)34(5,33(41)44)26-17-23(2)18-27(19-26)35(36,37)38/h8-9,11-12,17-21,25H,7,10,13-16,22H2,1-6H3/q+1. The second kappa shape index (κ2) is 12.1. The molecule has 2 saturated heterocycles. The fourth-order valence-corrected chi connectivity index (χ4v) is 6.43. The lowest BCUT2D eigenvalue weighted by molar-refractivity contribution is -0.926. The summed E-state index contributed by atoms with van der Waals surface area (Å²) in [5.74, 6) is 0.346. The van der Waals surface area contributed by atoms with Crippen molar-refractivity contribution in [1.29, 1.82) is 0 Å². The van der Waals surface area contributed by atoms with Crippen LogP contribution in [0.5, 0.6) is 0 Å². The molecule has 2 unspecified atom stereocenters. The van der Waals surface area contributed by atoms with Crippen LogP contribution in [0.3, 0.4) is 0 Å². The molecule has 45 heavy (non-hydrogen) atoms. The van der Waals surface area contributed by atoms with Crippen molar-refractivity contribution < 1.29 is 32.0 Å². The number of likely N-dealkylation sites (N-methyl/N-ethyl adjacent to an activating group) is 1. The molecule has 1 amide bonds. The predicted molar refractivity (Wildman–Crippen MR) is 169 cm³/mol. The van der Waals surface area contributed by atoms with Crippen molar-refractivity contribution in [2.45, 2.75) is 65.1 Å². The second-order valence-corrected chi connectivity index (χ2v) is 13.0. The van der Waals surface area contributed by atoms with E-state index in [4.69, 9.17) is 9.72 Å². The number of β-lactam (4-membered cyclic amide) rings is 1. The number of quaternary nitrogens is 1. The van der Waals surface area contributed by atoms with Crippen LogP contribution in [-0.2, 0) is 25.9 Å². The largest absolute Gasteiger partial charge is 0.416 e. The van der Waals surface area contributed by atoms with Gasteiger partial charge in [-0.25, -0.2) is 4.98 Å². The Hall–Kier alpha value is -3.92. The number of piperazine rings is 1. The molecule has 7 nitrogen and oxygen atoms in total. The summed E-state index contributed by atoms with van der Waals surface area (Å²) in [5, 5.41) is 0. The molecule has 1 aromatic heterocycles. The molecule has 0 radical (unpaired) electrons. The molecule has 0 spiro atoms. The van der Waals surface area contributed by atoms with E-state index in [9.17, 15) is 22.8 Å². The molecule has 0 saturated carbocycles. The minimum Gasteiger partial charge on any atom is -0.415 e. The average Bonchev–Trinajstić information content (AvgIpc) is 3.00. The van der Waals surface area contributed by atoms with Crippen LogP contribution in [0.15, 0.2) is 54.7 Å². The van der Waals surface area contributed by atoms with Gasteiger partial charge >= 0.3 is 12.1 Å². The number of nitrogens with zero attached hydrogens (tertiary/aromatic N) is 4. The van der Waals surface area contributed by atoms with Gasteiger partial charge in [0.15, 0.2) is 0 Å². The quantitative estimate of drug-likeness (QED) is 0.160. The lowest BCUT2D eigenvalue weighted by Crippen LogP contribution is -2.69. The van der Waals surface area contributed by atoms with E-state index in [1.54, 1.807) is 31.0 Å². The predicted octanol–water partition coefficient (Wildman–Crippen LogP) is 6.64. The second-order valence-electron chi connectivity index (χ2n) is 13.0. The Labute approximate surface area is 263 Å². The molecule has 0 N–H and O–H groups in total. The molecule has 0 bridgehead atoms. The number of rotatable bonds is 8. The number of esters is 1. The van der Waals surface area contributed by atoms with Crippen LogP contribution in [-0.4, -0.2) is 67.3 Å². The van der Waals surface area contributed by atoms with Gasteiger partial charge < -0.3 is 14.5 Å². The van der Waals surface area contributed by atoms with Crippen molar-refractivity contribution in [2.75, 3.05) is 49.8 Å². The van der Waals surface area contributed by atoms with Gasteiger partial charge in [-0.05, 0) is 69.0 Å². The van der Waals surface area contributed by atoms with E-state index in [-0.39, 0.29) is 11.9 Å². The summed E-state index contributed by atoms with van der Waals surface area (Å²) in [6, 6.07) is 13.4. The number of aromatic nitrogens is 1. The number of anilines is 2. The third kappa shape index (κ3) is 6.17. The van der Waals surface area contributed by atoms with E-state index in [1.807, 2.05) is 51.1 Å². The molecule has 10 heteroatoms. The highest BCUT2D eigenvalue weighted by molar-refractivity contribution is 6.11. The molecular weight excluding hydrogens is 581 g/mol. The van der Waals surface area contributed by atoms with Crippen molar-refractivity contribution in [3.63, 3.8) is 0 Å². The van der Waals surface area contributed by atoms with Gasteiger partial charge in [-0.1, -0.05) is 42.8 Å². The number of amides is 1. The smallest absolute Gasteiger partial charge is 0.415 e. The fraction of sp³-hybridized carbons (Fsp3) is 0.457. The van der Waals surface area contributed by atoms with E-state index in [1.165, 1.54) is 0 Å². The van der Waals surface area contributed by atoms with Gasteiger partial charge in [0.25, 0.3) is 0 Å². The summed E-state index contributed by atoms with van der Waals surface area (Å²) in [4.78, 5) is 34.6. The molecule has 2 aromatic carbocycles. The first-order valence-electron chi connectivity index (χ1n) is 15.5. The Morgan fingerprint density at radius 2 is 1.78 bits per heavy atom. The van der Waals surface area contributed by atoms with Crippen LogP contribution in [0.25, 0.3) is 11.1 Å². The average molecular weight is 624 g/mol. The minimum atomic E-state index is -4.51. The van der Waals surface area contributed by atoms with Crippen molar-refractivity contribution in [2.24, 2.45) is 0 Å². The van der Waals surface area contributed by atoms with Gasteiger partial charge in [0.2, 0.25) is 12.6 Å². The number of alkyl halides is 3. The van der Waals surface area contributed by atoms with Crippen LogP contribution in [0.1, 0.15) is 55.9 Å². The van der Waals surface area contributed by atoms with Crippen LogP contribution in [0.4, 0.5) is 24.7 Å². The first kappa shape index (κ1) is 32.5. The first-order chi connectivity index (χ1) is 21.2. The zero-order chi connectivity index (χ0) is 32.7. The van der Waals surface area contributed by atoms with E-state index in [0.29, 0.717) is 47.5 Å². The number of hydrogen-bond acceptors (Lipinski definition) is 5. The van der Waals surface area contributed by atoms with E-state index in [0.717, 1.165) is 54.2 Å². The Balaban J connectivity index is 1.44. The number of hydrogen-bond donors (Lipinski definition) is 0. The van der Waals surface area contributed by atoms with Crippen molar-refractivity contribution in [1.82, 2.24) is 4.98 Å². The molecule has 240 valence electrons. The summed E-state index contributed by atoms with van der Waals surface area (Å²) >= 11 is 0. The maximum absolute atomic E-state index is 14.0. The summed E-state index contributed by atoms with van der Waals surface area (Å²) in [6.07, 6.45) is -1.61. The van der Waals surface area contributed by atoms with Gasteiger partial charge in [0, 0.05) is 12.0 Å². The normalized spacial score (nSPS) is 21.4. The molecule has 2 fully saturated rings. The molecule has 2 aliphatic rings. The van der Waals surface area contributed by atoms with Crippen molar-refractivity contribution in [3.05, 3.63) is 77.0 Å². The Morgan fingerprint density at radius 3 is 2.40 bits per heavy atom. The van der Waals surface area contributed by atoms with Gasteiger partial charge in [0.05, 0.1) is 62.1 Å². The van der Waals surface area contributed by atoms with Gasteiger partial charge in [-0.15, -0.1) is 0 Å². The van der Waals surface area contributed by atoms with Gasteiger partial charge in [-0.3, -0.25) is 14.1 Å². The van der Waals surface area contributed by atoms with Gasteiger partial charge in [-0.2, -0.15) is 13.2 Å². The molecule has 0 aliphatic carbocycles. The third-order valence-corrected chi connectivity index (χ3v) is 9.59. The van der Waals surface area contributed by atoms with Crippen LogP contribution in [0, 0.1) is 13.8 Å². The number of aryl methyl sites for hydroxylation is 2. The Bertz CT molecular complexity index is 1600. The first-order valence-corrected chi connectivity index (χ1v) is 15.5. The fourth-order valence-electron chi connectivity index (χ4n) is 6.43. The number of carbonyl (C=O) groups excluding carboxylic acids is 2. The molecule has 3 heterocycles. The Morgan fingerprint density at radius 1 is 1.09 bits per heavy atom. The van der Waals surface area contributed by atoms with Crippen molar-refractivity contribution >= 4 is 23.4 Å². The number of carbonyl (C=O) groups is 2. The van der Waals surface area contributed by atoms with Gasteiger partial charge in [0.1, 0.15) is 5.82 Å². The summed E-state index contributed by atoms with van der Waals surface area (Å²) in [6.45, 7) is 12.5. The number of pyridine rings is 1. The van der Waals surface area contributed by atoms with Crippen LogP contribution >= 0.6 is 0 Å². The highest BCUT2D eigenvalue weighted by Gasteiger charge is 2.57. The van der Waals surface area contributed by atoms with E-state index >= 15 is 0 Å². The topological polar surface area (TPSA) is 62.7 Å². The molecular formula is C35H42F3N4O3+. The summed E-state index contributed by atoms with van der Waals surface area (Å²) in [7, 11) is 2.09. The maximum atomic E-state index is 14.0. The van der Waals surface area contributed by atoms with Crippen molar-refractivity contribution in [3.8, 4) is 11.1 Å². The molecule has 3 aromatic rings. The number of halogens is 3. The zero-order valence-electron chi connectivity index (χ0n) is 26.9. The van der Waals surface area contributed by atoms with Crippen LogP contribution < -0.4 is 9.80 Å². The summed E-state index contributed by atoms with van der Waals surface area (Å²) in [5.41, 5.74) is 2.42. The van der Waals surface area contributed by atoms with Crippen LogP contribution in [0.2, 0.25) is 0 Å². The lowest BCUT2D eigenvalue weighted by atomic mass is 9.67. The number of benzene rings is 2.